The average Bonchev–Trinajstić information content (AvgIpc) is 3.18. The number of aromatic amines is 1. The highest BCUT2D eigenvalue weighted by atomic mass is 19.1. The minimum absolute atomic E-state index is 0.234. The summed E-state index contributed by atoms with van der Waals surface area (Å²) in [6.07, 6.45) is 1.66. The van der Waals surface area contributed by atoms with Crippen LogP contribution in [0, 0.1) is 5.82 Å². The zero-order valence-corrected chi connectivity index (χ0v) is 17.4. The monoisotopic (exact) mass is 413 g/mol. The van der Waals surface area contributed by atoms with E-state index >= 15 is 0 Å². The maximum atomic E-state index is 14.9. The van der Waals surface area contributed by atoms with Gasteiger partial charge in [-0.15, -0.1) is 0 Å². The van der Waals surface area contributed by atoms with Crippen LogP contribution in [0.3, 0.4) is 0 Å². The Morgan fingerprint density at radius 1 is 1.06 bits per heavy atom. The Bertz CT molecular complexity index is 1250. The molecule has 31 heavy (non-hydrogen) atoms. The summed E-state index contributed by atoms with van der Waals surface area (Å²) in [7, 11) is 0. The van der Waals surface area contributed by atoms with Crippen LogP contribution < -0.4 is 5.32 Å². The van der Waals surface area contributed by atoms with E-state index in [1.807, 2.05) is 48.5 Å². The van der Waals surface area contributed by atoms with Crippen molar-refractivity contribution in [2.45, 2.75) is 25.8 Å². The molecule has 0 radical (unpaired) electrons. The molecule has 2 heterocycles. The summed E-state index contributed by atoms with van der Waals surface area (Å²) < 4.78 is 14.9. The van der Waals surface area contributed by atoms with Crippen molar-refractivity contribution in [3.63, 3.8) is 0 Å². The number of para-hydroxylation sites is 1. The fraction of sp³-hybridized carbons (Fsp3) is 0.192. The molecule has 156 valence electrons. The van der Waals surface area contributed by atoms with Crippen molar-refractivity contribution in [3.05, 3.63) is 101 Å². The second kappa shape index (κ2) is 7.91. The summed E-state index contributed by atoms with van der Waals surface area (Å²) in [6, 6.07) is 21.9. The lowest BCUT2D eigenvalue weighted by atomic mass is 9.92. The summed E-state index contributed by atoms with van der Waals surface area (Å²) in [6.45, 7) is 2.60. The molecule has 0 aliphatic carbocycles. The topological polar surface area (TPSA) is 48.1 Å². The van der Waals surface area contributed by atoms with Gasteiger partial charge in [-0.25, -0.2) is 9.18 Å². The van der Waals surface area contributed by atoms with Crippen molar-refractivity contribution in [1.29, 1.82) is 0 Å². The second-order valence-electron chi connectivity index (χ2n) is 7.91. The highest BCUT2D eigenvalue weighted by Gasteiger charge is 2.35. The molecule has 0 fully saturated rings. The first kappa shape index (κ1) is 19.4. The largest absolute Gasteiger partial charge is 0.356 e. The number of halogens is 1. The van der Waals surface area contributed by atoms with Crippen LogP contribution in [0.1, 0.15) is 35.3 Å². The molecule has 0 bridgehead atoms. The molecule has 1 aliphatic heterocycles. The van der Waals surface area contributed by atoms with Crippen molar-refractivity contribution in [2.24, 2.45) is 0 Å². The molecule has 4 aromatic rings. The molecule has 1 aromatic heterocycles. The van der Waals surface area contributed by atoms with Gasteiger partial charge in [0.2, 0.25) is 0 Å². The molecule has 0 unspecified atom stereocenters. The lowest BCUT2D eigenvalue weighted by molar-refractivity contribution is 0.192. The van der Waals surface area contributed by atoms with Crippen LogP contribution in [0.5, 0.6) is 0 Å². The molecular formula is C26H24FN3O. The van der Waals surface area contributed by atoms with Crippen LogP contribution in [-0.4, -0.2) is 22.5 Å². The normalized spacial score (nSPS) is 15.7. The summed E-state index contributed by atoms with van der Waals surface area (Å²) >= 11 is 0. The molecule has 4 nitrogen and oxygen atoms in total. The van der Waals surface area contributed by atoms with E-state index in [0.717, 1.165) is 34.3 Å². The maximum absolute atomic E-state index is 14.9. The van der Waals surface area contributed by atoms with E-state index in [9.17, 15) is 9.18 Å². The molecule has 2 amide bonds. The number of amides is 2. The first-order valence-corrected chi connectivity index (χ1v) is 10.7. The van der Waals surface area contributed by atoms with E-state index in [0.29, 0.717) is 18.5 Å². The number of nitrogens with one attached hydrogen (secondary N) is 2. The molecule has 5 rings (SSSR count). The fourth-order valence-electron chi connectivity index (χ4n) is 4.50. The lowest BCUT2D eigenvalue weighted by Gasteiger charge is -2.36. The van der Waals surface area contributed by atoms with E-state index in [1.165, 1.54) is 11.6 Å². The SMILES string of the molecule is CCc1ccc(NC(=O)N2CCc3c([nH]c4ccccc34)[C@H]2c2ccccc2F)cc1. The predicted molar refractivity (Wildman–Crippen MR) is 122 cm³/mol. The average molecular weight is 413 g/mol. The number of hydrogen-bond donors (Lipinski definition) is 2. The Hall–Kier alpha value is -3.60. The molecule has 3 aromatic carbocycles. The highest BCUT2D eigenvalue weighted by molar-refractivity contribution is 5.91. The number of fused-ring (bicyclic) bond motifs is 3. The number of urea groups is 1. The van der Waals surface area contributed by atoms with E-state index in [1.54, 1.807) is 17.0 Å². The number of anilines is 1. The summed E-state index contributed by atoms with van der Waals surface area (Å²) in [4.78, 5) is 18.5. The third-order valence-electron chi connectivity index (χ3n) is 6.11. The van der Waals surface area contributed by atoms with Gasteiger partial charge in [0.15, 0.2) is 0 Å². The minimum Gasteiger partial charge on any atom is -0.356 e. The Kier molecular flexibility index (Phi) is 4.94. The first-order chi connectivity index (χ1) is 15.2. The number of rotatable bonds is 3. The second-order valence-corrected chi connectivity index (χ2v) is 7.91. The third kappa shape index (κ3) is 3.46. The van der Waals surface area contributed by atoms with Gasteiger partial charge in [0.05, 0.1) is 0 Å². The zero-order valence-electron chi connectivity index (χ0n) is 17.4. The number of aromatic nitrogens is 1. The van der Waals surface area contributed by atoms with Crippen LogP contribution in [0.15, 0.2) is 72.8 Å². The van der Waals surface area contributed by atoms with Gasteiger partial charge in [0, 0.05) is 34.4 Å². The first-order valence-electron chi connectivity index (χ1n) is 10.7. The summed E-state index contributed by atoms with van der Waals surface area (Å²) in [5.74, 6) is -0.316. The molecule has 0 saturated heterocycles. The van der Waals surface area contributed by atoms with Crippen LogP contribution in [0.4, 0.5) is 14.9 Å². The standard InChI is InChI=1S/C26H24FN3O/c1-2-17-11-13-18(14-12-17)28-26(31)30-16-15-20-19-7-4-6-10-23(19)29-24(20)25(30)21-8-3-5-9-22(21)27/h3-14,25,29H,2,15-16H2,1H3,(H,28,31)/t25-/m1/s1. The van der Waals surface area contributed by atoms with Gasteiger partial charge >= 0.3 is 6.03 Å². The zero-order chi connectivity index (χ0) is 21.4. The van der Waals surface area contributed by atoms with Crippen molar-refractivity contribution in [1.82, 2.24) is 9.88 Å². The van der Waals surface area contributed by atoms with Crippen LogP contribution in [-0.2, 0) is 12.8 Å². The van der Waals surface area contributed by atoms with Crippen molar-refractivity contribution in [2.75, 3.05) is 11.9 Å². The van der Waals surface area contributed by atoms with E-state index < -0.39 is 6.04 Å². The number of carbonyl (C=O) groups is 1. The lowest BCUT2D eigenvalue weighted by Crippen LogP contribution is -2.43. The van der Waals surface area contributed by atoms with Crippen molar-refractivity contribution < 1.29 is 9.18 Å². The number of nitrogens with zero attached hydrogens (tertiary/aromatic N) is 1. The van der Waals surface area contributed by atoms with Crippen LogP contribution >= 0.6 is 0 Å². The Balaban J connectivity index is 1.56. The fourth-order valence-corrected chi connectivity index (χ4v) is 4.50. The third-order valence-corrected chi connectivity index (χ3v) is 6.11. The highest BCUT2D eigenvalue weighted by Crippen LogP contribution is 2.39. The number of H-pyrrole nitrogens is 1. The number of hydrogen-bond acceptors (Lipinski definition) is 1. The van der Waals surface area contributed by atoms with Gasteiger partial charge in [-0.05, 0) is 48.2 Å². The Labute approximate surface area is 180 Å². The Morgan fingerprint density at radius 2 is 1.81 bits per heavy atom. The van der Waals surface area contributed by atoms with E-state index in [4.69, 9.17) is 0 Å². The summed E-state index contributed by atoms with van der Waals surface area (Å²) in [5, 5.41) is 4.13. The molecule has 5 heteroatoms. The van der Waals surface area contributed by atoms with Gasteiger partial charge in [-0.2, -0.15) is 0 Å². The van der Waals surface area contributed by atoms with Crippen molar-refractivity contribution in [3.8, 4) is 0 Å². The quantitative estimate of drug-likeness (QED) is 0.422. The molecule has 0 saturated carbocycles. The Morgan fingerprint density at radius 3 is 2.58 bits per heavy atom. The summed E-state index contributed by atoms with van der Waals surface area (Å²) in [5.41, 5.74) is 5.48. The molecule has 1 atom stereocenters. The van der Waals surface area contributed by atoms with Gasteiger partial charge < -0.3 is 15.2 Å². The molecule has 2 N–H and O–H groups in total. The molecule has 1 aliphatic rings. The van der Waals surface area contributed by atoms with Gasteiger partial charge in [-0.3, -0.25) is 0 Å². The number of benzene rings is 3. The molecular weight excluding hydrogens is 389 g/mol. The van der Waals surface area contributed by atoms with Gasteiger partial charge in [0.1, 0.15) is 11.9 Å². The van der Waals surface area contributed by atoms with Crippen LogP contribution in [0.2, 0.25) is 0 Å². The smallest absolute Gasteiger partial charge is 0.322 e. The van der Waals surface area contributed by atoms with E-state index in [2.05, 4.69) is 23.3 Å². The van der Waals surface area contributed by atoms with Gasteiger partial charge in [0.25, 0.3) is 0 Å². The predicted octanol–water partition coefficient (Wildman–Crippen LogP) is 6.05. The molecule has 0 spiro atoms. The number of aryl methyl sites for hydroxylation is 1. The van der Waals surface area contributed by atoms with Crippen LogP contribution in [0.25, 0.3) is 10.9 Å². The van der Waals surface area contributed by atoms with Crippen molar-refractivity contribution >= 4 is 22.6 Å². The number of carbonyl (C=O) groups excluding carboxylic acids is 1. The maximum Gasteiger partial charge on any atom is 0.322 e. The minimum atomic E-state index is -0.521. The van der Waals surface area contributed by atoms with E-state index in [-0.39, 0.29) is 11.8 Å². The van der Waals surface area contributed by atoms with Gasteiger partial charge in [-0.1, -0.05) is 55.5 Å².